The minimum atomic E-state index is -0.682. The van der Waals surface area contributed by atoms with E-state index in [0.717, 1.165) is 6.07 Å². The minimum absolute atomic E-state index is 0.00135. The molecule has 0 aromatic heterocycles. The van der Waals surface area contributed by atoms with Gasteiger partial charge in [-0.2, -0.15) is 0 Å². The van der Waals surface area contributed by atoms with Crippen molar-refractivity contribution >= 4 is 21.9 Å². The van der Waals surface area contributed by atoms with Gasteiger partial charge in [0.2, 0.25) is 0 Å². The van der Waals surface area contributed by atoms with Crippen LogP contribution in [-0.2, 0) is 14.2 Å². The van der Waals surface area contributed by atoms with Gasteiger partial charge in [-0.1, -0.05) is 0 Å². The van der Waals surface area contributed by atoms with Crippen LogP contribution < -0.4 is 4.74 Å². The second-order valence-corrected chi connectivity index (χ2v) is 4.27. The zero-order valence-corrected chi connectivity index (χ0v) is 12.2. The van der Waals surface area contributed by atoms with Gasteiger partial charge >= 0.3 is 5.97 Å². The zero-order valence-electron chi connectivity index (χ0n) is 10.6. The number of carbonyl (C=O) groups is 1. The molecule has 0 spiro atoms. The van der Waals surface area contributed by atoms with Crippen LogP contribution in [0, 0.1) is 5.82 Å². The van der Waals surface area contributed by atoms with Crippen LogP contribution in [0.1, 0.15) is 10.4 Å². The van der Waals surface area contributed by atoms with E-state index in [1.165, 1.54) is 13.2 Å². The van der Waals surface area contributed by atoms with Gasteiger partial charge in [0.05, 0.1) is 24.8 Å². The fourth-order valence-electron chi connectivity index (χ4n) is 1.22. The van der Waals surface area contributed by atoms with Crippen LogP contribution in [0.3, 0.4) is 0 Å². The lowest BCUT2D eigenvalue weighted by molar-refractivity contribution is -0.00913. The van der Waals surface area contributed by atoms with Gasteiger partial charge in [-0.15, -0.1) is 0 Å². The predicted octanol–water partition coefficient (Wildman–Crippen LogP) is 2.37. The van der Waals surface area contributed by atoms with Crippen molar-refractivity contribution in [2.75, 3.05) is 34.2 Å². The quantitative estimate of drug-likeness (QED) is 0.434. The normalized spacial score (nSPS) is 10.3. The van der Waals surface area contributed by atoms with E-state index >= 15 is 0 Å². The Labute approximate surface area is 118 Å². The van der Waals surface area contributed by atoms with E-state index in [-0.39, 0.29) is 22.6 Å². The SMILES string of the molecule is COCCOCOc1cc(Br)c(F)cc1C(=O)OC. The molecule has 0 aliphatic rings. The van der Waals surface area contributed by atoms with E-state index in [0.29, 0.717) is 13.2 Å². The lowest BCUT2D eigenvalue weighted by atomic mass is 10.2. The number of ether oxygens (including phenoxy) is 4. The van der Waals surface area contributed by atoms with Crippen molar-refractivity contribution in [1.29, 1.82) is 0 Å². The van der Waals surface area contributed by atoms with Gasteiger partial charge in [0, 0.05) is 7.11 Å². The molecule has 0 bridgehead atoms. The lowest BCUT2D eigenvalue weighted by Crippen LogP contribution is -2.11. The third-order valence-corrected chi connectivity index (χ3v) is 2.77. The number of hydrogen-bond acceptors (Lipinski definition) is 5. The van der Waals surface area contributed by atoms with Gasteiger partial charge in [0.25, 0.3) is 0 Å². The van der Waals surface area contributed by atoms with Crippen molar-refractivity contribution < 1.29 is 28.1 Å². The van der Waals surface area contributed by atoms with Gasteiger partial charge in [0.1, 0.15) is 17.1 Å². The summed E-state index contributed by atoms with van der Waals surface area (Å²) < 4.78 is 33.3. The topological polar surface area (TPSA) is 54.0 Å². The smallest absolute Gasteiger partial charge is 0.341 e. The van der Waals surface area contributed by atoms with Gasteiger partial charge in [-0.05, 0) is 28.1 Å². The fourth-order valence-corrected chi connectivity index (χ4v) is 1.55. The van der Waals surface area contributed by atoms with E-state index < -0.39 is 11.8 Å². The van der Waals surface area contributed by atoms with Gasteiger partial charge < -0.3 is 18.9 Å². The van der Waals surface area contributed by atoms with Crippen LogP contribution in [0.5, 0.6) is 5.75 Å². The number of esters is 1. The van der Waals surface area contributed by atoms with Gasteiger partial charge in [0.15, 0.2) is 6.79 Å². The molecule has 0 amide bonds. The van der Waals surface area contributed by atoms with E-state index in [9.17, 15) is 9.18 Å². The average molecular weight is 337 g/mol. The van der Waals surface area contributed by atoms with Crippen molar-refractivity contribution in [3.05, 3.63) is 28.0 Å². The Bertz CT molecular complexity index is 438. The van der Waals surface area contributed by atoms with Crippen LogP contribution in [0.2, 0.25) is 0 Å². The maximum Gasteiger partial charge on any atom is 0.341 e. The fraction of sp³-hybridized carbons (Fsp3) is 0.417. The third-order valence-electron chi connectivity index (χ3n) is 2.16. The predicted molar refractivity (Wildman–Crippen MR) is 68.8 cm³/mol. The molecule has 1 aromatic carbocycles. The van der Waals surface area contributed by atoms with Crippen LogP contribution >= 0.6 is 15.9 Å². The van der Waals surface area contributed by atoms with Crippen molar-refractivity contribution in [2.24, 2.45) is 0 Å². The first kappa shape index (κ1) is 15.9. The second-order valence-electron chi connectivity index (χ2n) is 3.42. The average Bonchev–Trinajstić information content (AvgIpc) is 2.41. The molecule has 0 fully saturated rings. The Morgan fingerprint density at radius 3 is 2.68 bits per heavy atom. The molecule has 106 valence electrons. The Balaban J connectivity index is 2.74. The molecule has 1 aromatic rings. The van der Waals surface area contributed by atoms with Crippen molar-refractivity contribution in [2.45, 2.75) is 0 Å². The number of rotatable bonds is 7. The maximum atomic E-state index is 13.4. The summed E-state index contributed by atoms with van der Waals surface area (Å²) >= 11 is 3.02. The Morgan fingerprint density at radius 1 is 1.32 bits per heavy atom. The molecule has 0 aliphatic heterocycles. The lowest BCUT2D eigenvalue weighted by Gasteiger charge is -2.11. The highest BCUT2D eigenvalue weighted by molar-refractivity contribution is 9.10. The highest BCUT2D eigenvalue weighted by Crippen LogP contribution is 2.27. The zero-order chi connectivity index (χ0) is 14.3. The largest absolute Gasteiger partial charge is 0.467 e. The van der Waals surface area contributed by atoms with Crippen molar-refractivity contribution in [1.82, 2.24) is 0 Å². The number of halogens is 2. The van der Waals surface area contributed by atoms with Gasteiger partial charge in [-0.3, -0.25) is 0 Å². The molecule has 5 nitrogen and oxygen atoms in total. The van der Waals surface area contributed by atoms with Crippen LogP contribution in [0.25, 0.3) is 0 Å². The molecule has 0 aliphatic carbocycles. The van der Waals surface area contributed by atoms with E-state index in [1.807, 2.05) is 0 Å². The molecular weight excluding hydrogens is 323 g/mol. The Hall–Kier alpha value is -1.18. The summed E-state index contributed by atoms with van der Waals surface area (Å²) in [5.41, 5.74) is -0.00135. The second kappa shape index (κ2) is 8.08. The first-order chi connectivity index (χ1) is 9.10. The molecule has 0 saturated heterocycles. The minimum Gasteiger partial charge on any atom is -0.467 e. The number of methoxy groups -OCH3 is 2. The molecule has 7 heteroatoms. The molecular formula is C12H14BrFO5. The molecule has 19 heavy (non-hydrogen) atoms. The molecule has 0 unspecified atom stereocenters. The molecule has 0 saturated carbocycles. The summed E-state index contributed by atoms with van der Waals surface area (Å²) in [5.74, 6) is -1.08. The van der Waals surface area contributed by atoms with Crippen LogP contribution in [0.15, 0.2) is 16.6 Å². The van der Waals surface area contributed by atoms with Gasteiger partial charge in [-0.25, -0.2) is 9.18 Å². The molecule has 0 heterocycles. The maximum absolute atomic E-state index is 13.4. The van der Waals surface area contributed by atoms with E-state index in [4.69, 9.17) is 14.2 Å². The molecule has 0 atom stereocenters. The summed E-state index contributed by atoms with van der Waals surface area (Å²) in [4.78, 5) is 11.5. The number of carbonyl (C=O) groups excluding carboxylic acids is 1. The highest BCUT2D eigenvalue weighted by atomic mass is 79.9. The van der Waals surface area contributed by atoms with E-state index in [1.54, 1.807) is 7.11 Å². The first-order valence-corrected chi connectivity index (χ1v) is 6.16. The van der Waals surface area contributed by atoms with Crippen molar-refractivity contribution in [3.63, 3.8) is 0 Å². The number of benzene rings is 1. The Kier molecular flexibility index (Phi) is 6.75. The summed E-state index contributed by atoms with van der Waals surface area (Å²) in [6, 6.07) is 2.39. The highest BCUT2D eigenvalue weighted by Gasteiger charge is 2.16. The summed E-state index contributed by atoms with van der Waals surface area (Å²) in [5, 5.41) is 0. The summed E-state index contributed by atoms with van der Waals surface area (Å²) in [6.45, 7) is 0.707. The number of hydrogen-bond donors (Lipinski definition) is 0. The summed E-state index contributed by atoms with van der Waals surface area (Å²) in [6.07, 6.45) is 0. The molecule has 1 rings (SSSR count). The van der Waals surface area contributed by atoms with Crippen molar-refractivity contribution in [3.8, 4) is 5.75 Å². The monoisotopic (exact) mass is 336 g/mol. The first-order valence-electron chi connectivity index (χ1n) is 5.37. The molecule has 0 N–H and O–H groups in total. The molecule has 0 radical (unpaired) electrons. The summed E-state index contributed by atoms with van der Waals surface area (Å²) in [7, 11) is 2.76. The third kappa shape index (κ3) is 4.77. The standard InChI is InChI=1S/C12H14BrFO5/c1-16-3-4-18-7-19-11-6-9(13)10(14)5-8(11)12(15)17-2/h5-6H,3-4,7H2,1-2H3. The Morgan fingerprint density at radius 2 is 2.05 bits per heavy atom. The van der Waals surface area contributed by atoms with E-state index in [2.05, 4.69) is 20.7 Å². The van der Waals surface area contributed by atoms with Crippen LogP contribution in [-0.4, -0.2) is 40.2 Å². The van der Waals surface area contributed by atoms with Crippen LogP contribution in [0.4, 0.5) is 4.39 Å².